The van der Waals surface area contributed by atoms with E-state index < -0.39 is 0 Å². The number of H-pyrrole nitrogens is 1. The number of rotatable bonds is 5. The molecule has 0 radical (unpaired) electrons. The normalized spacial score (nSPS) is 10.8. The molecule has 0 saturated heterocycles. The van der Waals surface area contributed by atoms with Crippen molar-refractivity contribution in [1.82, 2.24) is 9.97 Å². The van der Waals surface area contributed by atoms with Crippen LogP contribution in [0, 0.1) is 13.8 Å². The second kappa shape index (κ2) is 8.08. The highest BCUT2D eigenvalue weighted by molar-refractivity contribution is 7.19. The van der Waals surface area contributed by atoms with E-state index in [0.717, 1.165) is 21.7 Å². The average molecular weight is 416 g/mol. The second-order valence-electron chi connectivity index (χ2n) is 7.06. The van der Waals surface area contributed by atoms with Crippen molar-refractivity contribution in [3.05, 3.63) is 83.2 Å². The number of ketones is 1. The molecule has 1 amide bonds. The Labute approximate surface area is 178 Å². The zero-order valence-electron chi connectivity index (χ0n) is 16.9. The fourth-order valence-electron chi connectivity index (χ4n) is 3.62. The minimum atomic E-state index is -0.309. The van der Waals surface area contributed by atoms with Gasteiger partial charge in [0.1, 0.15) is 5.69 Å². The third-order valence-corrected chi connectivity index (χ3v) is 5.97. The molecule has 2 N–H and O–H groups in total. The molecule has 2 aromatic heterocycles. The monoisotopic (exact) mass is 415 g/mol. The van der Waals surface area contributed by atoms with Crippen molar-refractivity contribution < 1.29 is 9.59 Å². The quantitative estimate of drug-likeness (QED) is 0.400. The summed E-state index contributed by atoms with van der Waals surface area (Å²) in [5, 5.41) is 3.41. The lowest BCUT2D eigenvalue weighted by molar-refractivity contribution is 0.101. The third kappa shape index (κ3) is 3.69. The fourth-order valence-corrected chi connectivity index (χ4v) is 4.60. The minimum Gasteiger partial charge on any atom is -0.354 e. The molecule has 0 bridgehead atoms. The maximum Gasteiger partial charge on any atom is 0.274 e. The Morgan fingerprint density at radius 2 is 1.53 bits per heavy atom. The Balaban J connectivity index is 1.72. The highest BCUT2D eigenvalue weighted by Crippen LogP contribution is 2.39. The summed E-state index contributed by atoms with van der Waals surface area (Å²) in [6.07, 6.45) is 0. The van der Waals surface area contributed by atoms with Crippen molar-refractivity contribution in [3.8, 4) is 21.7 Å². The molecule has 0 aliphatic rings. The number of nitrogens with zero attached hydrogens (tertiary/aromatic N) is 1. The van der Waals surface area contributed by atoms with Crippen molar-refractivity contribution >= 4 is 28.2 Å². The summed E-state index contributed by atoms with van der Waals surface area (Å²) in [6.45, 7) is 5.08. The number of aromatic amines is 1. The van der Waals surface area contributed by atoms with E-state index in [2.05, 4.69) is 10.3 Å². The summed E-state index contributed by atoms with van der Waals surface area (Å²) in [5.74, 6) is -0.372. The maximum atomic E-state index is 12.9. The number of anilines is 1. The first-order chi connectivity index (χ1) is 14.5. The van der Waals surface area contributed by atoms with E-state index in [-0.39, 0.29) is 11.7 Å². The number of carbonyl (C=O) groups is 2. The van der Waals surface area contributed by atoms with Crippen LogP contribution in [0.4, 0.5) is 5.13 Å². The highest BCUT2D eigenvalue weighted by atomic mass is 32.1. The van der Waals surface area contributed by atoms with Gasteiger partial charge in [-0.05, 0) is 31.9 Å². The predicted molar refractivity (Wildman–Crippen MR) is 121 cm³/mol. The molecule has 2 aromatic carbocycles. The molecule has 150 valence electrons. The molecule has 5 nitrogen and oxygen atoms in total. The van der Waals surface area contributed by atoms with Crippen LogP contribution in [-0.2, 0) is 0 Å². The predicted octanol–water partition coefficient (Wildman–Crippen LogP) is 5.88. The van der Waals surface area contributed by atoms with Gasteiger partial charge in [-0.25, -0.2) is 4.98 Å². The number of hydrogen-bond acceptors (Lipinski definition) is 4. The summed E-state index contributed by atoms with van der Waals surface area (Å²) >= 11 is 1.43. The number of aromatic nitrogens is 2. The average Bonchev–Trinajstić information content (AvgIpc) is 3.29. The van der Waals surface area contributed by atoms with Crippen molar-refractivity contribution in [2.75, 3.05) is 5.32 Å². The molecular weight excluding hydrogens is 394 g/mol. The zero-order valence-corrected chi connectivity index (χ0v) is 17.8. The maximum absolute atomic E-state index is 12.9. The number of Topliss-reactive ketones (excluding diaryl/α,β-unsaturated/α-hetero) is 1. The lowest BCUT2D eigenvalue weighted by Gasteiger charge is -2.02. The van der Waals surface area contributed by atoms with Crippen LogP contribution < -0.4 is 5.32 Å². The topological polar surface area (TPSA) is 74.8 Å². The van der Waals surface area contributed by atoms with Gasteiger partial charge in [0, 0.05) is 16.8 Å². The Morgan fingerprint density at radius 1 is 0.933 bits per heavy atom. The Morgan fingerprint density at radius 3 is 2.10 bits per heavy atom. The van der Waals surface area contributed by atoms with E-state index in [1.54, 1.807) is 13.8 Å². The van der Waals surface area contributed by atoms with Gasteiger partial charge < -0.3 is 4.98 Å². The van der Waals surface area contributed by atoms with Crippen molar-refractivity contribution in [1.29, 1.82) is 0 Å². The van der Waals surface area contributed by atoms with Crippen molar-refractivity contribution in [2.24, 2.45) is 0 Å². The number of amides is 1. The molecule has 0 fully saturated rings. The molecule has 0 aliphatic carbocycles. The first-order valence-corrected chi connectivity index (χ1v) is 10.4. The molecule has 4 rings (SSSR count). The van der Waals surface area contributed by atoms with E-state index in [1.165, 1.54) is 18.3 Å². The standard InChI is InChI=1S/C24H21N3O2S/c1-14-19(16(3)28)15(2)25-20(14)23(29)27-24-26-21(17-10-6-4-7-11-17)22(30-24)18-12-8-5-9-13-18/h4-13,25H,1-3H3,(H,26,27,29). The first kappa shape index (κ1) is 19.8. The highest BCUT2D eigenvalue weighted by Gasteiger charge is 2.22. The van der Waals surface area contributed by atoms with Crippen LogP contribution in [0.1, 0.15) is 39.0 Å². The molecule has 0 unspecified atom stereocenters. The van der Waals surface area contributed by atoms with Crippen LogP contribution >= 0.6 is 11.3 Å². The second-order valence-corrected chi connectivity index (χ2v) is 8.06. The van der Waals surface area contributed by atoms with E-state index in [1.807, 2.05) is 60.7 Å². The van der Waals surface area contributed by atoms with Crippen LogP contribution in [0.2, 0.25) is 0 Å². The van der Waals surface area contributed by atoms with Crippen LogP contribution in [0.5, 0.6) is 0 Å². The van der Waals surface area contributed by atoms with Gasteiger partial charge in [0.05, 0.1) is 10.6 Å². The Bertz CT molecular complexity index is 1170. The third-order valence-electron chi connectivity index (χ3n) is 4.95. The number of benzene rings is 2. The Hall–Kier alpha value is -3.51. The number of aryl methyl sites for hydroxylation is 1. The van der Waals surface area contributed by atoms with E-state index in [0.29, 0.717) is 27.6 Å². The van der Waals surface area contributed by atoms with Crippen LogP contribution in [0.25, 0.3) is 21.7 Å². The molecule has 0 saturated carbocycles. The minimum absolute atomic E-state index is 0.0627. The van der Waals surface area contributed by atoms with Gasteiger partial charge in [0.25, 0.3) is 5.91 Å². The number of carbonyl (C=O) groups excluding carboxylic acids is 2. The summed E-state index contributed by atoms with van der Waals surface area (Å²) < 4.78 is 0. The van der Waals surface area contributed by atoms with Crippen molar-refractivity contribution in [3.63, 3.8) is 0 Å². The molecule has 6 heteroatoms. The van der Waals surface area contributed by atoms with Crippen molar-refractivity contribution in [2.45, 2.75) is 20.8 Å². The van der Waals surface area contributed by atoms with Crippen LogP contribution in [0.3, 0.4) is 0 Å². The molecule has 0 atom stereocenters. The van der Waals surface area contributed by atoms with Gasteiger partial charge in [-0.1, -0.05) is 72.0 Å². The number of hydrogen-bond donors (Lipinski definition) is 2. The fraction of sp³-hybridized carbons (Fsp3) is 0.125. The van der Waals surface area contributed by atoms with Gasteiger partial charge in [0.15, 0.2) is 10.9 Å². The van der Waals surface area contributed by atoms with E-state index in [9.17, 15) is 9.59 Å². The van der Waals surface area contributed by atoms with Gasteiger partial charge in [-0.15, -0.1) is 0 Å². The summed E-state index contributed by atoms with van der Waals surface area (Å²) in [6, 6.07) is 19.9. The van der Waals surface area contributed by atoms with Gasteiger partial charge in [0.2, 0.25) is 0 Å². The Kier molecular flexibility index (Phi) is 5.33. The molecule has 0 aliphatic heterocycles. The van der Waals surface area contributed by atoms with E-state index >= 15 is 0 Å². The van der Waals surface area contributed by atoms with E-state index in [4.69, 9.17) is 4.98 Å². The number of nitrogens with one attached hydrogen (secondary N) is 2. The SMILES string of the molecule is CC(=O)c1c(C)[nH]c(C(=O)Nc2nc(-c3ccccc3)c(-c3ccccc3)s2)c1C. The van der Waals surface area contributed by atoms with Gasteiger partial charge >= 0.3 is 0 Å². The molecule has 0 spiro atoms. The molecule has 30 heavy (non-hydrogen) atoms. The van der Waals surface area contributed by atoms with Gasteiger partial charge in [-0.2, -0.15) is 0 Å². The molecular formula is C24H21N3O2S. The molecule has 2 heterocycles. The lowest BCUT2D eigenvalue weighted by atomic mass is 10.1. The van der Waals surface area contributed by atoms with Crippen LogP contribution in [0.15, 0.2) is 60.7 Å². The molecule has 4 aromatic rings. The zero-order chi connectivity index (χ0) is 21.3. The van der Waals surface area contributed by atoms with Gasteiger partial charge in [-0.3, -0.25) is 14.9 Å². The summed E-state index contributed by atoms with van der Waals surface area (Å²) in [5.41, 5.74) is 5.15. The lowest BCUT2D eigenvalue weighted by Crippen LogP contribution is -2.13. The first-order valence-electron chi connectivity index (χ1n) is 9.59. The summed E-state index contributed by atoms with van der Waals surface area (Å²) in [7, 11) is 0. The largest absolute Gasteiger partial charge is 0.354 e. The summed E-state index contributed by atoms with van der Waals surface area (Å²) in [4.78, 5) is 33.6. The smallest absolute Gasteiger partial charge is 0.274 e. The number of thiazole rings is 1. The van der Waals surface area contributed by atoms with Crippen LogP contribution in [-0.4, -0.2) is 21.7 Å².